The van der Waals surface area contributed by atoms with Crippen LogP contribution in [0.25, 0.3) is 0 Å². The highest BCUT2D eigenvalue weighted by Gasteiger charge is 2.15. The molecule has 1 aromatic heterocycles. The Hall–Kier alpha value is -1.14. The number of carbonyl (C=O) groups is 1. The third kappa shape index (κ3) is 3.45. The summed E-state index contributed by atoms with van der Waals surface area (Å²) in [5.41, 5.74) is 0.418. The molecule has 0 unspecified atom stereocenters. The van der Waals surface area contributed by atoms with E-state index in [1.54, 1.807) is 19.2 Å². The minimum absolute atomic E-state index is 0.201. The molecule has 0 saturated heterocycles. The third-order valence-electron chi connectivity index (χ3n) is 2.54. The maximum Gasteiger partial charge on any atom is 0.254 e. The largest absolute Gasteiger partial charge is 0.452 e. The standard InChI is InChI=1S/C13H10Br2FNO2/c1-17(7-9-3-5-12(15)19-9)13(18)8-2-4-11(16)10(14)6-8/h2-6H,7H2,1H3. The summed E-state index contributed by atoms with van der Waals surface area (Å²) in [5.74, 6) is 0.0753. The number of rotatable bonds is 3. The van der Waals surface area contributed by atoms with E-state index in [9.17, 15) is 9.18 Å². The quantitative estimate of drug-likeness (QED) is 0.786. The highest BCUT2D eigenvalue weighted by Crippen LogP contribution is 2.19. The van der Waals surface area contributed by atoms with Gasteiger partial charge in [-0.2, -0.15) is 0 Å². The molecule has 0 aliphatic heterocycles. The van der Waals surface area contributed by atoms with Gasteiger partial charge in [0.25, 0.3) is 5.91 Å². The van der Waals surface area contributed by atoms with Gasteiger partial charge < -0.3 is 9.32 Å². The van der Waals surface area contributed by atoms with E-state index in [0.29, 0.717) is 22.5 Å². The zero-order valence-electron chi connectivity index (χ0n) is 9.99. The van der Waals surface area contributed by atoms with Gasteiger partial charge in [-0.15, -0.1) is 0 Å². The van der Waals surface area contributed by atoms with Crippen molar-refractivity contribution in [3.8, 4) is 0 Å². The first kappa shape index (κ1) is 14.3. The Labute approximate surface area is 126 Å². The second-order valence-electron chi connectivity index (χ2n) is 4.00. The summed E-state index contributed by atoms with van der Waals surface area (Å²) < 4.78 is 19.3. The second-order valence-corrected chi connectivity index (χ2v) is 5.63. The molecular weight excluding hydrogens is 381 g/mol. The fourth-order valence-electron chi connectivity index (χ4n) is 1.59. The number of amides is 1. The molecule has 0 atom stereocenters. The number of hydrogen-bond acceptors (Lipinski definition) is 2. The van der Waals surface area contributed by atoms with Gasteiger partial charge in [-0.25, -0.2) is 4.39 Å². The normalized spacial score (nSPS) is 10.5. The molecule has 19 heavy (non-hydrogen) atoms. The highest BCUT2D eigenvalue weighted by atomic mass is 79.9. The Kier molecular flexibility index (Phi) is 4.42. The van der Waals surface area contributed by atoms with Crippen LogP contribution in [0.2, 0.25) is 0 Å². The first-order chi connectivity index (χ1) is 8.97. The lowest BCUT2D eigenvalue weighted by Crippen LogP contribution is -2.26. The maximum atomic E-state index is 13.1. The van der Waals surface area contributed by atoms with Crippen molar-refractivity contribution in [1.29, 1.82) is 0 Å². The molecule has 1 amide bonds. The lowest BCUT2D eigenvalue weighted by Gasteiger charge is -2.16. The topological polar surface area (TPSA) is 33.5 Å². The lowest BCUT2D eigenvalue weighted by molar-refractivity contribution is 0.0775. The Balaban J connectivity index is 2.12. The van der Waals surface area contributed by atoms with E-state index < -0.39 is 5.82 Å². The van der Waals surface area contributed by atoms with Crippen LogP contribution in [-0.4, -0.2) is 17.9 Å². The van der Waals surface area contributed by atoms with Crippen LogP contribution in [0.15, 0.2) is 43.9 Å². The van der Waals surface area contributed by atoms with Crippen LogP contribution in [0.4, 0.5) is 4.39 Å². The van der Waals surface area contributed by atoms with Gasteiger partial charge in [0.1, 0.15) is 11.6 Å². The van der Waals surface area contributed by atoms with E-state index in [1.807, 2.05) is 0 Å². The van der Waals surface area contributed by atoms with Gasteiger partial charge in [0.2, 0.25) is 0 Å². The highest BCUT2D eigenvalue weighted by molar-refractivity contribution is 9.10. The predicted octanol–water partition coefficient (Wildman–Crippen LogP) is 4.22. The number of nitrogens with zero attached hydrogens (tertiary/aromatic N) is 1. The molecule has 0 radical (unpaired) electrons. The van der Waals surface area contributed by atoms with Gasteiger partial charge in [0.15, 0.2) is 4.67 Å². The minimum atomic E-state index is -0.394. The second kappa shape index (κ2) is 5.88. The summed E-state index contributed by atoms with van der Waals surface area (Å²) in [7, 11) is 1.66. The smallest absolute Gasteiger partial charge is 0.254 e. The zero-order chi connectivity index (χ0) is 14.0. The first-order valence-electron chi connectivity index (χ1n) is 5.42. The van der Waals surface area contributed by atoms with E-state index in [1.165, 1.54) is 23.1 Å². The Morgan fingerprint density at radius 2 is 2.05 bits per heavy atom. The van der Waals surface area contributed by atoms with Gasteiger partial charge in [-0.1, -0.05) is 0 Å². The molecule has 0 aliphatic rings. The molecule has 3 nitrogen and oxygen atoms in total. The summed E-state index contributed by atoms with van der Waals surface area (Å²) in [6.45, 7) is 0.347. The number of benzene rings is 1. The Morgan fingerprint density at radius 3 is 2.63 bits per heavy atom. The summed E-state index contributed by atoms with van der Waals surface area (Å²) >= 11 is 6.27. The molecular formula is C13H10Br2FNO2. The maximum absolute atomic E-state index is 13.1. The monoisotopic (exact) mass is 389 g/mol. The van der Waals surface area contributed by atoms with Crippen LogP contribution >= 0.6 is 31.9 Å². The molecule has 100 valence electrons. The Morgan fingerprint density at radius 1 is 1.32 bits per heavy atom. The lowest BCUT2D eigenvalue weighted by atomic mass is 10.2. The number of hydrogen-bond donors (Lipinski definition) is 0. The molecule has 0 N–H and O–H groups in total. The van der Waals surface area contributed by atoms with E-state index in [0.717, 1.165) is 0 Å². The molecule has 0 fully saturated rings. The van der Waals surface area contributed by atoms with Crippen molar-refractivity contribution in [1.82, 2.24) is 4.90 Å². The molecule has 1 heterocycles. The van der Waals surface area contributed by atoms with Gasteiger partial charge in [0, 0.05) is 12.6 Å². The van der Waals surface area contributed by atoms with Crippen molar-refractivity contribution in [2.45, 2.75) is 6.54 Å². The molecule has 2 rings (SSSR count). The van der Waals surface area contributed by atoms with Crippen LogP contribution < -0.4 is 0 Å². The minimum Gasteiger partial charge on any atom is -0.452 e. The molecule has 1 aromatic carbocycles. The van der Waals surface area contributed by atoms with Crippen LogP contribution in [0.1, 0.15) is 16.1 Å². The Bertz CT molecular complexity index is 612. The first-order valence-corrected chi connectivity index (χ1v) is 7.00. The average Bonchev–Trinajstić information content (AvgIpc) is 2.77. The summed E-state index contributed by atoms with van der Waals surface area (Å²) in [5, 5.41) is 0. The number of halogens is 3. The fraction of sp³-hybridized carbons (Fsp3) is 0.154. The van der Waals surface area contributed by atoms with Crippen molar-refractivity contribution in [3.05, 3.63) is 56.6 Å². The van der Waals surface area contributed by atoms with Crippen LogP contribution in [-0.2, 0) is 6.54 Å². The number of furan rings is 1. The molecule has 0 bridgehead atoms. The fourth-order valence-corrected chi connectivity index (χ4v) is 2.31. The molecule has 2 aromatic rings. The molecule has 0 spiro atoms. The van der Waals surface area contributed by atoms with Gasteiger partial charge in [-0.05, 0) is 62.2 Å². The van der Waals surface area contributed by atoms with Crippen molar-refractivity contribution < 1.29 is 13.6 Å². The zero-order valence-corrected chi connectivity index (χ0v) is 13.2. The third-order valence-corrected chi connectivity index (χ3v) is 3.57. The summed E-state index contributed by atoms with van der Waals surface area (Å²) in [4.78, 5) is 13.7. The van der Waals surface area contributed by atoms with Gasteiger partial charge in [-0.3, -0.25) is 4.79 Å². The van der Waals surface area contributed by atoms with Crippen LogP contribution in [0, 0.1) is 5.82 Å². The van der Waals surface area contributed by atoms with Gasteiger partial charge >= 0.3 is 0 Å². The summed E-state index contributed by atoms with van der Waals surface area (Å²) in [6.07, 6.45) is 0. The predicted molar refractivity (Wildman–Crippen MR) is 76.3 cm³/mol. The molecule has 0 aliphatic carbocycles. The van der Waals surface area contributed by atoms with Crippen molar-refractivity contribution in [3.63, 3.8) is 0 Å². The number of carbonyl (C=O) groups excluding carboxylic acids is 1. The van der Waals surface area contributed by atoms with E-state index in [-0.39, 0.29) is 10.4 Å². The van der Waals surface area contributed by atoms with E-state index in [4.69, 9.17) is 4.42 Å². The van der Waals surface area contributed by atoms with Crippen LogP contribution in [0.3, 0.4) is 0 Å². The van der Waals surface area contributed by atoms with Crippen LogP contribution in [0.5, 0.6) is 0 Å². The average molecular weight is 391 g/mol. The molecule has 0 saturated carbocycles. The van der Waals surface area contributed by atoms with Crippen molar-refractivity contribution in [2.24, 2.45) is 0 Å². The SMILES string of the molecule is CN(Cc1ccc(Br)o1)C(=O)c1ccc(F)c(Br)c1. The van der Waals surface area contributed by atoms with Crippen molar-refractivity contribution >= 4 is 37.8 Å². The van der Waals surface area contributed by atoms with Crippen molar-refractivity contribution in [2.75, 3.05) is 7.05 Å². The van der Waals surface area contributed by atoms with E-state index in [2.05, 4.69) is 31.9 Å². The van der Waals surface area contributed by atoms with Gasteiger partial charge in [0.05, 0.1) is 11.0 Å². The van der Waals surface area contributed by atoms with E-state index >= 15 is 0 Å². The summed E-state index contributed by atoms with van der Waals surface area (Å²) in [6, 6.07) is 7.73. The molecule has 6 heteroatoms.